The molecule has 0 aliphatic carbocycles. The van der Waals surface area contributed by atoms with Gasteiger partial charge in [0.2, 0.25) is 15.9 Å². The van der Waals surface area contributed by atoms with E-state index >= 15 is 0 Å². The Morgan fingerprint density at radius 2 is 2.05 bits per heavy atom. The average molecular weight is 299 g/mol. The molecule has 1 unspecified atom stereocenters. The quantitative estimate of drug-likeness (QED) is 0.699. The highest BCUT2D eigenvalue weighted by Crippen LogP contribution is 2.14. The van der Waals surface area contributed by atoms with Crippen molar-refractivity contribution in [2.75, 3.05) is 18.9 Å². The normalized spacial score (nSPS) is 12.9. The average Bonchev–Trinajstić information content (AvgIpc) is 2.45. The summed E-state index contributed by atoms with van der Waals surface area (Å²) in [7, 11) is -2.16. The molecule has 1 aromatic rings. The van der Waals surface area contributed by atoms with Crippen LogP contribution in [0, 0.1) is 0 Å². The summed E-state index contributed by atoms with van der Waals surface area (Å²) in [5.74, 6) is -0.204. The van der Waals surface area contributed by atoms with E-state index in [4.69, 9.17) is 0 Å². The predicted molar refractivity (Wildman–Crippen MR) is 79.1 cm³/mol. The van der Waals surface area contributed by atoms with Crippen LogP contribution in [0.4, 0.5) is 5.69 Å². The lowest BCUT2D eigenvalue weighted by atomic mass is 10.2. The Morgan fingerprint density at radius 3 is 2.65 bits per heavy atom. The number of hydrogen-bond donors (Lipinski definition) is 3. The van der Waals surface area contributed by atoms with E-state index in [1.807, 2.05) is 13.8 Å². The fraction of sp³-hybridized carbons (Fsp3) is 0.462. The van der Waals surface area contributed by atoms with Crippen molar-refractivity contribution >= 4 is 21.6 Å². The third kappa shape index (κ3) is 4.92. The van der Waals surface area contributed by atoms with E-state index in [0.29, 0.717) is 5.69 Å². The third-order valence-corrected chi connectivity index (χ3v) is 4.33. The number of hydrogen-bond acceptors (Lipinski definition) is 4. The summed E-state index contributed by atoms with van der Waals surface area (Å²) in [6, 6.07) is 6.39. The third-order valence-electron chi connectivity index (χ3n) is 2.92. The summed E-state index contributed by atoms with van der Waals surface area (Å²) in [6.45, 7) is 4.22. The molecular formula is C13H21N3O3S. The van der Waals surface area contributed by atoms with Crippen LogP contribution in [0.3, 0.4) is 0 Å². The molecule has 0 fully saturated rings. The molecule has 20 heavy (non-hydrogen) atoms. The number of carbonyl (C=O) groups is 1. The lowest BCUT2D eigenvalue weighted by Gasteiger charge is -2.11. The maximum atomic E-state index is 11.7. The van der Waals surface area contributed by atoms with Gasteiger partial charge in [-0.05, 0) is 38.6 Å². The van der Waals surface area contributed by atoms with Crippen LogP contribution >= 0.6 is 0 Å². The minimum absolute atomic E-state index is 0.118. The Hall–Kier alpha value is -1.44. The first kappa shape index (κ1) is 16.6. The van der Waals surface area contributed by atoms with Gasteiger partial charge in [0, 0.05) is 11.7 Å². The molecule has 0 heterocycles. The molecule has 0 aliphatic heterocycles. The zero-order valence-corrected chi connectivity index (χ0v) is 12.8. The van der Waals surface area contributed by atoms with Crippen molar-refractivity contribution in [2.45, 2.75) is 31.2 Å². The van der Waals surface area contributed by atoms with Gasteiger partial charge in [-0.1, -0.05) is 13.0 Å². The Morgan fingerprint density at radius 1 is 1.35 bits per heavy atom. The maximum absolute atomic E-state index is 11.7. The summed E-state index contributed by atoms with van der Waals surface area (Å²) in [5.41, 5.74) is 0.456. The highest BCUT2D eigenvalue weighted by Gasteiger charge is 2.12. The molecule has 0 saturated carbocycles. The second-order valence-electron chi connectivity index (χ2n) is 4.47. The molecule has 1 atom stereocenters. The number of carbonyl (C=O) groups excluding carboxylic acids is 1. The maximum Gasteiger partial charge on any atom is 0.240 e. The monoisotopic (exact) mass is 299 g/mol. The molecule has 0 bridgehead atoms. The van der Waals surface area contributed by atoms with Crippen LogP contribution < -0.4 is 15.4 Å². The van der Waals surface area contributed by atoms with Gasteiger partial charge >= 0.3 is 0 Å². The Bertz CT molecular complexity index is 558. The van der Waals surface area contributed by atoms with Gasteiger partial charge in [0.05, 0.1) is 11.4 Å². The largest absolute Gasteiger partial charge is 0.325 e. The fourth-order valence-corrected chi connectivity index (χ4v) is 2.25. The predicted octanol–water partition coefficient (Wildman–Crippen LogP) is 0.921. The zero-order chi connectivity index (χ0) is 15.2. The molecule has 1 aromatic carbocycles. The second-order valence-corrected chi connectivity index (χ2v) is 6.36. The van der Waals surface area contributed by atoms with E-state index in [-0.39, 0.29) is 23.4 Å². The van der Waals surface area contributed by atoms with Gasteiger partial charge in [0.25, 0.3) is 0 Å². The van der Waals surface area contributed by atoms with Gasteiger partial charge < -0.3 is 10.6 Å². The number of sulfonamides is 1. The van der Waals surface area contributed by atoms with Gasteiger partial charge in [-0.15, -0.1) is 0 Å². The minimum atomic E-state index is -3.50. The van der Waals surface area contributed by atoms with Crippen LogP contribution in [0.5, 0.6) is 0 Å². The van der Waals surface area contributed by atoms with Gasteiger partial charge in [-0.2, -0.15) is 0 Å². The lowest BCUT2D eigenvalue weighted by molar-refractivity contribution is -0.115. The Kier molecular flexibility index (Phi) is 6.12. The van der Waals surface area contributed by atoms with E-state index < -0.39 is 10.0 Å². The molecule has 7 heteroatoms. The molecular weight excluding hydrogens is 278 g/mol. The van der Waals surface area contributed by atoms with E-state index in [1.54, 1.807) is 12.1 Å². The summed E-state index contributed by atoms with van der Waals surface area (Å²) in [5, 5.41) is 5.73. The van der Waals surface area contributed by atoms with Crippen LogP contribution in [0.15, 0.2) is 29.2 Å². The molecule has 1 rings (SSSR count). The second kappa shape index (κ2) is 7.37. The minimum Gasteiger partial charge on any atom is -0.325 e. The number of amides is 1. The summed E-state index contributed by atoms with van der Waals surface area (Å²) >= 11 is 0. The van der Waals surface area contributed by atoms with Crippen LogP contribution in [0.25, 0.3) is 0 Å². The van der Waals surface area contributed by atoms with Gasteiger partial charge in [0.15, 0.2) is 0 Å². The SMILES string of the molecule is CCC(C)NCC(=O)Nc1cccc(S(=O)(=O)NC)c1. The van der Waals surface area contributed by atoms with Crippen molar-refractivity contribution in [1.82, 2.24) is 10.0 Å². The molecule has 6 nitrogen and oxygen atoms in total. The molecule has 0 radical (unpaired) electrons. The molecule has 112 valence electrons. The summed E-state index contributed by atoms with van der Waals surface area (Å²) < 4.78 is 25.5. The lowest BCUT2D eigenvalue weighted by Crippen LogP contribution is -2.34. The van der Waals surface area contributed by atoms with Gasteiger partial charge in [-0.3, -0.25) is 4.79 Å². The van der Waals surface area contributed by atoms with Crippen LogP contribution in [-0.4, -0.2) is 34.0 Å². The van der Waals surface area contributed by atoms with E-state index in [0.717, 1.165) is 6.42 Å². The van der Waals surface area contributed by atoms with Crippen molar-refractivity contribution in [3.63, 3.8) is 0 Å². The number of benzene rings is 1. The summed E-state index contributed by atoms with van der Waals surface area (Å²) in [6.07, 6.45) is 0.934. The Balaban J connectivity index is 2.70. The molecule has 0 aromatic heterocycles. The molecule has 0 spiro atoms. The highest BCUT2D eigenvalue weighted by atomic mass is 32.2. The molecule has 1 amide bonds. The zero-order valence-electron chi connectivity index (χ0n) is 11.9. The smallest absolute Gasteiger partial charge is 0.240 e. The molecule has 0 aliphatic rings. The summed E-state index contributed by atoms with van der Waals surface area (Å²) in [4.78, 5) is 11.8. The van der Waals surface area contributed by atoms with E-state index in [1.165, 1.54) is 19.2 Å². The van der Waals surface area contributed by atoms with Crippen LogP contribution in [0.1, 0.15) is 20.3 Å². The number of anilines is 1. The van der Waals surface area contributed by atoms with E-state index in [2.05, 4.69) is 15.4 Å². The molecule has 3 N–H and O–H groups in total. The number of rotatable bonds is 7. The van der Waals surface area contributed by atoms with Gasteiger partial charge in [-0.25, -0.2) is 13.1 Å². The standard InChI is InChI=1S/C13H21N3O3S/c1-4-10(2)15-9-13(17)16-11-6-5-7-12(8-11)20(18,19)14-3/h5-8,10,14-15H,4,9H2,1-3H3,(H,16,17). The topological polar surface area (TPSA) is 87.3 Å². The number of nitrogens with one attached hydrogen (secondary N) is 3. The van der Waals surface area contributed by atoms with Crippen molar-refractivity contribution in [3.05, 3.63) is 24.3 Å². The van der Waals surface area contributed by atoms with Crippen molar-refractivity contribution < 1.29 is 13.2 Å². The first-order valence-corrected chi connectivity index (χ1v) is 7.94. The first-order valence-electron chi connectivity index (χ1n) is 6.46. The van der Waals surface area contributed by atoms with Gasteiger partial charge in [0.1, 0.15) is 0 Å². The van der Waals surface area contributed by atoms with E-state index in [9.17, 15) is 13.2 Å². The van der Waals surface area contributed by atoms with Crippen LogP contribution in [0.2, 0.25) is 0 Å². The highest BCUT2D eigenvalue weighted by molar-refractivity contribution is 7.89. The van der Waals surface area contributed by atoms with Crippen molar-refractivity contribution in [2.24, 2.45) is 0 Å². The van der Waals surface area contributed by atoms with Crippen molar-refractivity contribution in [3.8, 4) is 0 Å². The fourth-order valence-electron chi connectivity index (χ4n) is 1.48. The Labute approximate surface area is 120 Å². The molecule has 0 saturated heterocycles. The van der Waals surface area contributed by atoms with Crippen molar-refractivity contribution in [1.29, 1.82) is 0 Å². The van der Waals surface area contributed by atoms with Crippen LogP contribution in [-0.2, 0) is 14.8 Å². The first-order chi connectivity index (χ1) is 9.39.